The average molecular weight is 370 g/mol. The van der Waals surface area contributed by atoms with Crippen LogP contribution in [-0.4, -0.2) is 11.1 Å². The number of benzene rings is 3. The zero-order valence-corrected chi connectivity index (χ0v) is 15.5. The average Bonchev–Trinajstić information content (AvgIpc) is 3.04. The van der Waals surface area contributed by atoms with Gasteiger partial charge in [0.1, 0.15) is 0 Å². The van der Waals surface area contributed by atoms with Crippen molar-refractivity contribution in [1.82, 2.24) is 0 Å². The maximum absolute atomic E-state index is 13.1. The molecule has 0 unspecified atom stereocenters. The first-order chi connectivity index (χ1) is 13.3. The van der Waals surface area contributed by atoms with Gasteiger partial charge in [-0.3, -0.25) is 14.7 Å². The van der Waals surface area contributed by atoms with Gasteiger partial charge in [0.2, 0.25) is 0 Å². The summed E-state index contributed by atoms with van der Waals surface area (Å²) in [5.41, 5.74) is 2.95. The highest BCUT2D eigenvalue weighted by Crippen LogP contribution is 2.36. The van der Waals surface area contributed by atoms with Crippen LogP contribution in [0.2, 0.25) is 0 Å². The molecule has 0 aromatic heterocycles. The van der Waals surface area contributed by atoms with Gasteiger partial charge in [-0.1, -0.05) is 78.9 Å². The van der Waals surface area contributed by atoms with Crippen LogP contribution in [-0.2, 0) is 11.3 Å². The summed E-state index contributed by atoms with van der Waals surface area (Å²) in [7, 11) is 0. The molecule has 3 aromatic rings. The fourth-order valence-corrected chi connectivity index (χ4v) is 3.81. The number of amidine groups is 1. The Balaban J connectivity index is 1.69. The fourth-order valence-electron chi connectivity index (χ4n) is 2.83. The quantitative estimate of drug-likeness (QED) is 0.579. The number of carbonyl (C=O) groups is 1. The van der Waals surface area contributed by atoms with Gasteiger partial charge in [-0.2, -0.15) is 0 Å². The number of nitrogens with zero attached hydrogens (tertiary/aromatic N) is 2. The highest BCUT2D eigenvalue weighted by atomic mass is 32.2. The molecule has 4 heteroatoms. The summed E-state index contributed by atoms with van der Waals surface area (Å²) in [6.45, 7) is 0.540. The fraction of sp³-hybridized carbons (Fsp3) is 0.0435. The van der Waals surface area contributed by atoms with Crippen LogP contribution >= 0.6 is 11.8 Å². The lowest BCUT2D eigenvalue weighted by atomic mass is 10.2. The number of hydrogen-bond donors (Lipinski definition) is 0. The van der Waals surface area contributed by atoms with Crippen molar-refractivity contribution in [2.24, 2.45) is 4.99 Å². The largest absolute Gasteiger partial charge is 0.271 e. The Morgan fingerprint density at radius 3 is 2.07 bits per heavy atom. The molecule has 132 valence electrons. The molecule has 1 aliphatic rings. The summed E-state index contributed by atoms with van der Waals surface area (Å²) in [5, 5.41) is 0.706. The zero-order valence-electron chi connectivity index (χ0n) is 14.7. The minimum Gasteiger partial charge on any atom is -0.268 e. The van der Waals surface area contributed by atoms with Gasteiger partial charge < -0.3 is 0 Å². The van der Waals surface area contributed by atoms with E-state index in [-0.39, 0.29) is 5.91 Å². The first-order valence-corrected chi connectivity index (χ1v) is 9.55. The van der Waals surface area contributed by atoms with Crippen molar-refractivity contribution in [1.29, 1.82) is 0 Å². The van der Waals surface area contributed by atoms with Gasteiger partial charge in [0, 0.05) is 0 Å². The van der Waals surface area contributed by atoms with Crippen molar-refractivity contribution in [3.05, 3.63) is 107 Å². The second-order valence-corrected chi connectivity index (χ2v) is 7.09. The Morgan fingerprint density at radius 2 is 1.41 bits per heavy atom. The number of thioether (sulfide) groups is 1. The van der Waals surface area contributed by atoms with Crippen molar-refractivity contribution < 1.29 is 4.79 Å². The van der Waals surface area contributed by atoms with Crippen LogP contribution in [0, 0.1) is 0 Å². The smallest absolute Gasteiger partial charge is 0.268 e. The predicted molar refractivity (Wildman–Crippen MR) is 114 cm³/mol. The maximum Gasteiger partial charge on any atom is 0.271 e. The molecule has 1 aliphatic heterocycles. The van der Waals surface area contributed by atoms with Crippen molar-refractivity contribution in [3.8, 4) is 0 Å². The second-order valence-electron chi connectivity index (χ2n) is 6.08. The van der Waals surface area contributed by atoms with Gasteiger partial charge in [-0.25, -0.2) is 0 Å². The molecule has 1 fully saturated rings. The third-order valence-corrected chi connectivity index (χ3v) is 5.16. The molecule has 27 heavy (non-hydrogen) atoms. The van der Waals surface area contributed by atoms with Gasteiger partial charge in [0.15, 0.2) is 5.17 Å². The Kier molecular flexibility index (Phi) is 5.17. The number of amides is 1. The molecule has 1 heterocycles. The first-order valence-electron chi connectivity index (χ1n) is 8.74. The van der Waals surface area contributed by atoms with Crippen LogP contribution in [0.3, 0.4) is 0 Å². The molecule has 0 N–H and O–H groups in total. The highest BCUT2D eigenvalue weighted by molar-refractivity contribution is 8.19. The number of anilines is 1. The van der Waals surface area contributed by atoms with E-state index < -0.39 is 0 Å². The molecular weight excluding hydrogens is 352 g/mol. The molecule has 0 aliphatic carbocycles. The lowest BCUT2D eigenvalue weighted by Gasteiger charge is -2.15. The topological polar surface area (TPSA) is 32.7 Å². The second kappa shape index (κ2) is 8.06. The number of rotatable bonds is 4. The summed E-state index contributed by atoms with van der Waals surface area (Å²) in [5.74, 6) is -0.0399. The van der Waals surface area contributed by atoms with E-state index in [0.717, 1.165) is 16.8 Å². The molecule has 3 nitrogen and oxygen atoms in total. The lowest BCUT2D eigenvalue weighted by molar-refractivity contribution is -0.113. The zero-order chi connectivity index (χ0) is 18.5. The molecule has 0 saturated carbocycles. The Labute approximate surface area is 163 Å². The van der Waals surface area contributed by atoms with Crippen molar-refractivity contribution >= 4 is 34.6 Å². The van der Waals surface area contributed by atoms with E-state index in [1.54, 1.807) is 4.90 Å². The molecule has 0 bridgehead atoms. The molecule has 0 spiro atoms. The maximum atomic E-state index is 13.1. The van der Waals surface area contributed by atoms with Gasteiger partial charge >= 0.3 is 0 Å². The van der Waals surface area contributed by atoms with Gasteiger partial charge in [0.05, 0.1) is 17.1 Å². The van der Waals surface area contributed by atoms with Crippen molar-refractivity contribution in [3.63, 3.8) is 0 Å². The highest BCUT2D eigenvalue weighted by Gasteiger charge is 2.34. The summed E-state index contributed by atoms with van der Waals surface area (Å²) < 4.78 is 0. The van der Waals surface area contributed by atoms with E-state index >= 15 is 0 Å². The Bertz CT molecular complexity index is 983. The summed E-state index contributed by atoms with van der Waals surface area (Å²) in [4.78, 5) is 20.2. The minimum absolute atomic E-state index is 0.0399. The predicted octanol–water partition coefficient (Wildman–Crippen LogP) is 5.36. The van der Waals surface area contributed by atoms with E-state index in [1.807, 2.05) is 97.1 Å². The van der Waals surface area contributed by atoms with Crippen LogP contribution in [0.4, 0.5) is 5.69 Å². The van der Waals surface area contributed by atoms with Gasteiger partial charge in [-0.05, 0) is 41.1 Å². The van der Waals surface area contributed by atoms with Crippen molar-refractivity contribution in [2.75, 3.05) is 4.90 Å². The molecule has 1 amide bonds. The summed E-state index contributed by atoms with van der Waals surface area (Å²) in [6, 6.07) is 29.6. The summed E-state index contributed by atoms with van der Waals surface area (Å²) >= 11 is 1.42. The van der Waals surface area contributed by atoms with E-state index in [0.29, 0.717) is 16.6 Å². The molecule has 1 saturated heterocycles. The first kappa shape index (κ1) is 17.3. The van der Waals surface area contributed by atoms with Crippen LogP contribution < -0.4 is 4.90 Å². The van der Waals surface area contributed by atoms with Gasteiger partial charge in [0.25, 0.3) is 5.91 Å². The number of aliphatic imine (C=N–C) groups is 1. The van der Waals surface area contributed by atoms with Crippen LogP contribution in [0.1, 0.15) is 11.1 Å². The minimum atomic E-state index is -0.0399. The van der Waals surface area contributed by atoms with Crippen LogP contribution in [0.25, 0.3) is 6.08 Å². The normalized spacial score (nSPS) is 17.0. The van der Waals surface area contributed by atoms with E-state index in [9.17, 15) is 4.79 Å². The van der Waals surface area contributed by atoms with E-state index in [4.69, 9.17) is 4.99 Å². The Hall–Kier alpha value is -3.11. The lowest BCUT2D eigenvalue weighted by Crippen LogP contribution is -2.28. The van der Waals surface area contributed by atoms with E-state index in [2.05, 4.69) is 0 Å². The number of para-hydroxylation sites is 1. The summed E-state index contributed by atoms with van der Waals surface area (Å²) in [6.07, 6.45) is 1.92. The molecule has 3 aromatic carbocycles. The van der Waals surface area contributed by atoms with Crippen LogP contribution in [0.15, 0.2) is 101 Å². The molecule has 4 rings (SSSR count). The molecular formula is C23H18N2OS. The number of carbonyl (C=O) groups excluding carboxylic acids is 1. The third-order valence-electron chi connectivity index (χ3n) is 4.16. The SMILES string of the molecule is O=C1C(=Cc2ccccc2)SC(=NCc2ccccc2)N1c1ccccc1. The van der Waals surface area contributed by atoms with Crippen LogP contribution in [0.5, 0.6) is 0 Å². The third kappa shape index (κ3) is 4.01. The standard InChI is InChI=1S/C23H18N2OS/c26-22-21(16-18-10-4-1-5-11-18)27-23(24-17-19-12-6-2-7-13-19)25(22)20-14-8-3-9-15-20/h1-16H,17H2. The van der Waals surface area contributed by atoms with E-state index in [1.165, 1.54) is 11.8 Å². The molecule has 0 radical (unpaired) electrons. The van der Waals surface area contributed by atoms with Crippen molar-refractivity contribution in [2.45, 2.75) is 6.54 Å². The molecule has 0 atom stereocenters. The monoisotopic (exact) mass is 370 g/mol. The number of hydrogen-bond acceptors (Lipinski definition) is 3. The van der Waals surface area contributed by atoms with Gasteiger partial charge in [-0.15, -0.1) is 0 Å². The Morgan fingerprint density at radius 1 is 0.815 bits per heavy atom.